The van der Waals surface area contributed by atoms with Crippen molar-refractivity contribution in [3.8, 4) is 0 Å². The lowest BCUT2D eigenvalue weighted by atomic mass is 10.1. The van der Waals surface area contributed by atoms with E-state index >= 15 is 0 Å². The van der Waals surface area contributed by atoms with Gasteiger partial charge in [0.15, 0.2) is 0 Å². The largest absolute Gasteiger partial charge is 0.312 e. The Hall–Kier alpha value is -0.890. The summed E-state index contributed by atoms with van der Waals surface area (Å²) in [7, 11) is 0. The molecule has 0 unspecified atom stereocenters. The molecular weight excluding hydrogens is 148 g/mol. The van der Waals surface area contributed by atoms with Gasteiger partial charge in [0.05, 0.1) is 0 Å². The SMILES string of the molecule is C=CC1=C(N=C)CCNC1.CC. The summed E-state index contributed by atoms with van der Waals surface area (Å²) in [4.78, 5) is 3.92. The molecule has 0 radical (unpaired) electrons. The second-order valence-electron chi connectivity index (χ2n) is 2.26. The Morgan fingerprint density at radius 2 is 2.17 bits per heavy atom. The fourth-order valence-corrected chi connectivity index (χ4v) is 1.06. The highest BCUT2D eigenvalue weighted by atomic mass is 14.9. The Bertz CT molecular complexity index is 160. The number of nitrogens with zero attached hydrogens (tertiary/aromatic N) is 1. The third-order valence-corrected chi connectivity index (χ3v) is 1.66. The molecular formula is C10H18N2. The van der Waals surface area contributed by atoms with E-state index < -0.39 is 0 Å². The van der Waals surface area contributed by atoms with Crippen LogP contribution in [0, 0.1) is 0 Å². The van der Waals surface area contributed by atoms with E-state index in [0.717, 1.165) is 25.2 Å². The van der Waals surface area contributed by atoms with Crippen molar-refractivity contribution in [2.24, 2.45) is 4.99 Å². The Morgan fingerprint density at radius 3 is 2.58 bits per heavy atom. The van der Waals surface area contributed by atoms with Crippen LogP contribution in [0.15, 0.2) is 28.9 Å². The summed E-state index contributed by atoms with van der Waals surface area (Å²) in [5, 5.41) is 3.23. The van der Waals surface area contributed by atoms with Crippen molar-refractivity contribution in [3.63, 3.8) is 0 Å². The molecule has 0 aliphatic carbocycles. The highest BCUT2D eigenvalue weighted by Gasteiger charge is 2.06. The van der Waals surface area contributed by atoms with Gasteiger partial charge < -0.3 is 5.32 Å². The lowest BCUT2D eigenvalue weighted by Gasteiger charge is -2.14. The predicted molar refractivity (Wildman–Crippen MR) is 55.6 cm³/mol. The lowest BCUT2D eigenvalue weighted by molar-refractivity contribution is 0.682. The maximum Gasteiger partial charge on any atom is 0.0453 e. The third kappa shape index (κ3) is 3.01. The molecule has 1 N–H and O–H groups in total. The molecule has 1 aliphatic heterocycles. The van der Waals surface area contributed by atoms with Crippen molar-refractivity contribution in [3.05, 3.63) is 23.9 Å². The lowest BCUT2D eigenvalue weighted by Crippen LogP contribution is -2.23. The van der Waals surface area contributed by atoms with Gasteiger partial charge in [0.25, 0.3) is 0 Å². The standard InChI is InChI=1S/C8H12N2.C2H6/c1-3-7-6-10-5-4-8(7)9-2;1-2/h3,10H,1-2,4-6H2;1-2H3. The van der Waals surface area contributed by atoms with E-state index in [9.17, 15) is 0 Å². The van der Waals surface area contributed by atoms with Crippen molar-refractivity contribution in [1.29, 1.82) is 0 Å². The molecule has 0 amide bonds. The Kier molecular flexibility index (Phi) is 6.29. The van der Waals surface area contributed by atoms with Crippen LogP contribution < -0.4 is 5.32 Å². The number of rotatable bonds is 2. The van der Waals surface area contributed by atoms with Crippen molar-refractivity contribution in [1.82, 2.24) is 5.32 Å². The molecule has 2 nitrogen and oxygen atoms in total. The molecule has 2 heteroatoms. The zero-order valence-electron chi connectivity index (χ0n) is 8.06. The zero-order chi connectivity index (χ0) is 9.40. The first-order valence-electron chi connectivity index (χ1n) is 4.40. The van der Waals surface area contributed by atoms with Crippen molar-refractivity contribution in [2.45, 2.75) is 20.3 Å². The summed E-state index contributed by atoms with van der Waals surface area (Å²) in [6.45, 7) is 13.1. The highest BCUT2D eigenvalue weighted by Crippen LogP contribution is 2.13. The van der Waals surface area contributed by atoms with Crippen LogP contribution in [0.1, 0.15) is 20.3 Å². The van der Waals surface area contributed by atoms with Crippen LogP contribution >= 0.6 is 0 Å². The zero-order valence-corrected chi connectivity index (χ0v) is 8.06. The fraction of sp³-hybridized carbons (Fsp3) is 0.500. The van der Waals surface area contributed by atoms with Gasteiger partial charge in [-0.15, -0.1) is 0 Å². The summed E-state index contributed by atoms with van der Waals surface area (Å²) in [5.74, 6) is 0. The van der Waals surface area contributed by atoms with Crippen LogP contribution in [0.3, 0.4) is 0 Å². The number of hydrogen-bond acceptors (Lipinski definition) is 2. The van der Waals surface area contributed by atoms with Crippen molar-refractivity contribution >= 4 is 6.72 Å². The summed E-state index contributed by atoms with van der Waals surface area (Å²) in [6, 6.07) is 0. The molecule has 12 heavy (non-hydrogen) atoms. The Labute approximate surface area is 75.1 Å². The van der Waals surface area contributed by atoms with E-state index in [1.807, 2.05) is 19.9 Å². The average molecular weight is 166 g/mol. The van der Waals surface area contributed by atoms with E-state index in [2.05, 4.69) is 23.6 Å². The first kappa shape index (κ1) is 11.1. The molecule has 0 saturated carbocycles. The topological polar surface area (TPSA) is 24.4 Å². The molecule has 0 aromatic heterocycles. The second kappa shape index (κ2) is 6.80. The fourth-order valence-electron chi connectivity index (χ4n) is 1.06. The van der Waals surface area contributed by atoms with Gasteiger partial charge in [-0.2, -0.15) is 0 Å². The van der Waals surface area contributed by atoms with Gasteiger partial charge in [-0.3, -0.25) is 4.99 Å². The third-order valence-electron chi connectivity index (χ3n) is 1.66. The molecule has 0 aromatic rings. The van der Waals surface area contributed by atoms with Crippen LogP contribution in [0.4, 0.5) is 0 Å². The van der Waals surface area contributed by atoms with Crippen LogP contribution in [-0.4, -0.2) is 19.8 Å². The van der Waals surface area contributed by atoms with Gasteiger partial charge in [0.2, 0.25) is 0 Å². The Balaban J connectivity index is 0.000000561. The van der Waals surface area contributed by atoms with Crippen LogP contribution in [0.2, 0.25) is 0 Å². The maximum absolute atomic E-state index is 3.92. The maximum atomic E-state index is 3.92. The van der Waals surface area contributed by atoms with Crippen LogP contribution in [0.5, 0.6) is 0 Å². The first-order chi connectivity index (χ1) is 5.88. The minimum atomic E-state index is 0.887. The van der Waals surface area contributed by atoms with Gasteiger partial charge in [-0.05, 0) is 12.3 Å². The van der Waals surface area contributed by atoms with Crippen LogP contribution in [-0.2, 0) is 0 Å². The molecule has 1 heterocycles. The summed E-state index contributed by atoms with van der Waals surface area (Å²) >= 11 is 0. The minimum Gasteiger partial charge on any atom is -0.312 e. The minimum absolute atomic E-state index is 0.887. The van der Waals surface area contributed by atoms with E-state index in [4.69, 9.17) is 0 Å². The van der Waals surface area contributed by atoms with E-state index in [0.29, 0.717) is 0 Å². The second-order valence-corrected chi connectivity index (χ2v) is 2.26. The van der Waals surface area contributed by atoms with Gasteiger partial charge >= 0.3 is 0 Å². The van der Waals surface area contributed by atoms with E-state index in [-0.39, 0.29) is 0 Å². The van der Waals surface area contributed by atoms with Gasteiger partial charge in [0, 0.05) is 25.2 Å². The van der Waals surface area contributed by atoms with Crippen LogP contribution in [0.25, 0.3) is 0 Å². The van der Waals surface area contributed by atoms with E-state index in [1.54, 1.807) is 0 Å². The molecule has 1 rings (SSSR count). The average Bonchev–Trinajstić information content (AvgIpc) is 2.20. The summed E-state index contributed by atoms with van der Waals surface area (Å²) in [5.41, 5.74) is 2.27. The number of aliphatic imine (C=N–C) groups is 1. The quantitative estimate of drug-likeness (QED) is 0.624. The van der Waals surface area contributed by atoms with E-state index in [1.165, 1.54) is 5.57 Å². The molecule has 0 atom stereocenters. The predicted octanol–water partition coefficient (Wildman–Crippen LogP) is 2.15. The highest BCUT2D eigenvalue weighted by molar-refractivity contribution is 5.35. The summed E-state index contributed by atoms with van der Waals surface area (Å²) in [6.07, 6.45) is 2.82. The molecule has 0 spiro atoms. The molecule has 0 bridgehead atoms. The van der Waals surface area contributed by atoms with Crippen molar-refractivity contribution in [2.75, 3.05) is 13.1 Å². The summed E-state index contributed by atoms with van der Waals surface area (Å²) < 4.78 is 0. The molecule has 0 fully saturated rings. The molecule has 0 aromatic carbocycles. The monoisotopic (exact) mass is 166 g/mol. The van der Waals surface area contributed by atoms with Gasteiger partial charge in [-0.25, -0.2) is 0 Å². The smallest absolute Gasteiger partial charge is 0.0453 e. The number of nitrogens with one attached hydrogen (secondary N) is 1. The molecule has 68 valence electrons. The first-order valence-corrected chi connectivity index (χ1v) is 4.40. The normalized spacial score (nSPS) is 16.2. The Morgan fingerprint density at radius 1 is 1.50 bits per heavy atom. The molecule has 1 aliphatic rings. The van der Waals surface area contributed by atoms with Gasteiger partial charge in [0.1, 0.15) is 0 Å². The van der Waals surface area contributed by atoms with Crippen molar-refractivity contribution < 1.29 is 0 Å². The number of hydrogen-bond donors (Lipinski definition) is 1. The molecule has 0 saturated heterocycles. The van der Waals surface area contributed by atoms with Gasteiger partial charge in [-0.1, -0.05) is 26.5 Å².